The number of thiophene rings is 1. The predicted octanol–water partition coefficient (Wildman–Crippen LogP) is 7.79. The van der Waals surface area contributed by atoms with Crippen LogP contribution in [0, 0.1) is 13.8 Å². The second kappa shape index (κ2) is 10.3. The van der Waals surface area contributed by atoms with Crippen molar-refractivity contribution in [1.29, 1.82) is 0 Å². The summed E-state index contributed by atoms with van der Waals surface area (Å²) in [4.78, 5) is 24.3. The molecule has 174 valence electrons. The maximum Gasteiger partial charge on any atom is 0.225 e. The van der Waals surface area contributed by atoms with E-state index in [0.29, 0.717) is 18.7 Å². The molecule has 6 heteroatoms. The van der Waals surface area contributed by atoms with Gasteiger partial charge < -0.3 is 5.32 Å². The van der Waals surface area contributed by atoms with Crippen LogP contribution in [-0.4, -0.2) is 15.9 Å². The SMILES string of the molecule is Cc1cccc(-c2nc(-c3cc(C)cs3)sc2-c2ccnc(NC(=O)CCc3ccccc3)c2)c1. The zero-order chi connectivity index (χ0) is 24.2. The highest BCUT2D eigenvalue weighted by Crippen LogP contribution is 2.42. The van der Waals surface area contributed by atoms with Crippen molar-refractivity contribution in [2.75, 3.05) is 5.32 Å². The van der Waals surface area contributed by atoms with Crippen molar-refractivity contribution in [2.24, 2.45) is 0 Å². The van der Waals surface area contributed by atoms with Crippen LogP contribution >= 0.6 is 22.7 Å². The van der Waals surface area contributed by atoms with Crippen molar-refractivity contribution in [3.8, 4) is 31.6 Å². The van der Waals surface area contributed by atoms with E-state index in [-0.39, 0.29) is 5.91 Å². The Kier molecular flexibility index (Phi) is 6.84. The quantitative estimate of drug-likeness (QED) is 0.251. The van der Waals surface area contributed by atoms with E-state index in [1.807, 2.05) is 42.5 Å². The molecular weight excluding hydrogens is 470 g/mol. The minimum Gasteiger partial charge on any atom is -0.311 e. The van der Waals surface area contributed by atoms with Crippen LogP contribution in [0.25, 0.3) is 31.6 Å². The van der Waals surface area contributed by atoms with E-state index < -0.39 is 0 Å². The molecule has 0 aliphatic carbocycles. The molecule has 0 fully saturated rings. The van der Waals surface area contributed by atoms with Crippen LogP contribution in [0.5, 0.6) is 0 Å². The Morgan fingerprint density at radius 3 is 2.54 bits per heavy atom. The Balaban J connectivity index is 1.44. The number of carbonyl (C=O) groups is 1. The van der Waals surface area contributed by atoms with E-state index in [1.54, 1.807) is 28.9 Å². The monoisotopic (exact) mass is 495 g/mol. The van der Waals surface area contributed by atoms with Gasteiger partial charge in [0.1, 0.15) is 10.8 Å². The molecule has 5 aromatic rings. The third kappa shape index (κ3) is 5.56. The highest BCUT2D eigenvalue weighted by Gasteiger charge is 2.18. The highest BCUT2D eigenvalue weighted by atomic mass is 32.1. The van der Waals surface area contributed by atoms with Gasteiger partial charge >= 0.3 is 0 Å². The van der Waals surface area contributed by atoms with Crippen LogP contribution in [0.2, 0.25) is 0 Å². The van der Waals surface area contributed by atoms with Crippen molar-refractivity contribution < 1.29 is 4.79 Å². The molecule has 4 nitrogen and oxygen atoms in total. The van der Waals surface area contributed by atoms with Gasteiger partial charge in [-0.05, 0) is 66.6 Å². The number of anilines is 1. The molecule has 0 bridgehead atoms. The number of thiazole rings is 1. The number of carbonyl (C=O) groups excluding carboxylic acids is 1. The largest absolute Gasteiger partial charge is 0.311 e. The number of hydrogen-bond acceptors (Lipinski definition) is 5. The first-order valence-corrected chi connectivity index (χ1v) is 13.2. The molecule has 3 aromatic heterocycles. The average Bonchev–Trinajstić information content (AvgIpc) is 3.50. The minimum absolute atomic E-state index is 0.0449. The van der Waals surface area contributed by atoms with Gasteiger partial charge in [0.25, 0.3) is 0 Å². The molecule has 2 aromatic carbocycles. The molecule has 1 amide bonds. The molecule has 0 aliphatic rings. The molecule has 3 heterocycles. The molecular formula is C29H25N3OS2. The number of rotatable bonds is 7. The van der Waals surface area contributed by atoms with Crippen LogP contribution in [0.4, 0.5) is 5.82 Å². The van der Waals surface area contributed by atoms with Gasteiger partial charge in [0.15, 0.2) is 0 Å². The van der Waals surface area contributed by atoms with Crippen LogP contribution in [0.1, 0.15) is 23.1 Å². The fourth-order valence-electron chi connectivity index (χ4n) is 3.90. The Labute approximate surface area is 213 Å². The van der Waals surface area contributed by atoms with E-state index in [2.05, 4.69) is 59.9 Å². The Morgan fingerprint density at radius 2 is 1.77 bits per heavy atom. The Bertz CT molecular complexity index is 1470. The van der Waals surface area contributed by atoms with Gasteiger partial charge in [0.2, 0.25) is 5.91 Å². The average molecular weight is 496 g/mol. The molecule has 0 unspecified atom stereocenters. The highest BCUT2D eigenvalue weighted by molar-refractivity contribution is 7.23. The normalized spacial score (nSPS) is 10.9. The standard InChI is InChI=1S/C29H25N3OS2/c1-19-7-6-10-22(15-19)27-28(35-29(32-27)24-16-20(2)18-34-24)23-13-14-30-25(17-23)31-26(33)12-11-21-8-4-3-5-9-21/h3-10,13-18H,11-12H2,1-2H3,(H,30,31,33). The topological polar surface area (TPSA) is 54.9 Å². The molecule has 0 saturated carbocycles. The van der Waals surface area contributed by atoms with Crippen LogP contribution < -0.4 is 5.32 Å². The van der Waals surface area contributed by atoms with Crippen molar-refractivity contribution in [1.82, 2.24) is 9.97 Å². The molecule has 0 saturated heterocycles. The number of hydrogen-bond donors (Lipinski definition) is 1. The lowest BCUT2D eigenvalue weighted by atomic mass is 10.1. The zero-order valence-corrected chi connectivity index (χ0v) is 21.2. The van der Waals surface area contributed by atoms with Crippen molar-refractivity contribution in [3.63, 3.8) is 0 Å². The lowest BCUT2D eigenvalue weighted by Crippen LogP contribution is -2.13. The second-order valence-electron chi connectivity index (χ2n) is 8.52. The van der Waals surface area contributed by atoms with Gasteiger partial charge in [-0.2, -0.15) is 0 Å². The number of nitrogens with zero attached hydrogens (tertiary/aromatic N) is 2. The summed E-state index contributed by atoms with van der Waals surface area (Å²) in [5.41, 5.74) is 6.60. The summed E-state index contributed by atoms with van der Waals surface area (Å²) in [7, 11) is 0. The van der Waals surface area contributed by atoms with E-state index in [9.17, 15) is 4.79 Å². The van der Waals surface area contributed by atoms with Crippen LogP contribution in [-0.2, 0) is 11.2 Å². The summed E-state index contributed by atoms with van der Waals surface area (Å²) in [5.74, 6) is 0.508. The molecule has 0 spiro atoms. The third-order valence-corrected chi connectivity index (χ3v) is 7.95. The van der Waals surface area contributed by atoms with E-state index in [0.717, 1.165) is 37.1 Å². The number of aromatic nitrogens is 2. The molecule has 0 aliphatic heterocycles. The van der Waals surface area contributed by atoms with Gasteiger partial charge in [0, 0.05) is 18.2 Å². The van der Waals surface area contributed by atoms with Crippen molar-refractivity contribution in [2.45, 2.75) is 26.7 Å². The maximum atomic E-state index is 12.6. The molecule has 1 N–H and O–H groups in total. The predicted molar refractivity (Wildman–Crippen MR) is 147 cm³/mol. The number of pyridine rings is 1. The van der Waals surface area contributed by atoms with Gasteiger partial charge in [0.05, 0.1) is 15.4 Å². The molecule has 35 heavy (non-hydrogen) atoms. The first-order chi connectivity index (χ1) is 17.0. The summed E-state index contributed by atoms with van der Waals surface area (Å²) >= 11 is 3.39. The van der Waals surface area contributed by atoms with Crippen molar-refractivity contribution in [3.05, 3.63) is 101 Å². The van der Waals surface area contributed by atoms with Gasteiger partial charge in [-0.15, -0.1) is 22.7 Å². The summed E-state index contributed by atoms with van der Waals surface area (Å²) < 4.78 is 0. The minimum atomic E-state index is -0.0449. The fourth-order valence-corrected chi connectivity index (χ4v) is 5.95. The number of amides is 1. The number of nitrogens with one attached hydrogen (secondary N) is 1. The van der Waals surface area contributed by atoms with Gasteiger partial charge in [-0.25, -0.2) is 9.97 Å². The maximum absolute atomic E-state index is 12.6. The third-order valence-electron chi connectivity index (χ3n) is 5.63. The first-order valence-electron chi connectivity index (χ1n) is 11.5. The summed E-state index contributed by atoms with van der Waals surface area (Å²) in [5, 5.41) is 6.12. The lowest BCUT2D eigenvalue weighted by Gasteiger charge is -2.08. The Hall–Kier alpha value is -3.61. The van der Waals surface area contributed by atoms with E-state index in [4.69, 9.17) is 4.98 Å². The number of aryl methyl sites for hydroxylation is 3. The first kappa shape index (κ1) is 23.1. The molecule has 5 rings (SSSR count). The summed E-state index contributed by atoms with van der Waals surface area (Å²) in [6.45, 7) is 4.19. The van der Waals surface area contributed by atoms with Gasteiger partial charge in [-0.3, -0.25) is 4.79 Å². The summed E-state index contributed by atoms with van der Waals surface area (Å²) in [6, 6.07) is 24.6. The summed E-state index contributed by atoms with van der Waals surface area (Å²) in [6.07, 6.45) is 2.85. The Morgan fingerprint density at radius 1 is 0.914 bits per heavy atom. The smallest absolute Gasteiger partial charge is 0.225 e. The molecule has 0 atom stereocenters. The van der Waals surface area contributed by atoms with Gasteiger partial charge in [-0.1, -0.05) is 54.1 Å². The number of benzene rings is 2. The van der Waals surface area contributed by atoms with Crippen LogP contribution in [0.3, 0.4) is 0 Å². The lowest BCUT2D eigenvalue weighted by molar-refractivity contribution is -0.116. The fraction of sp³-hybridized carbons (Fsp3) is 0.138. The van der Waals surface area contributed by atoms with Crippen molar-refractivity contribution >= 4 is 34.4 Å². The van der Waals surface area contributed by atoms with E-state index in [1.165, 1.54) is 11.1 Å². The van der Waals surface area contributed by atoms with Crippen LogP contribution in [0.15, 0.2) is 84.4 Å². The second-order valence-corrected chi connectivity index (χ2v) is 10.4. The zero-order valence-electron chi connectivity index (χ0n) is 19.6. The van der Waals surface area contributed by atoms with E-state index >= 15 is 0 Å². The molecule has 0 radical (unpaired) electrons.